The molecule has 0 unspecified atom stereocenters. The minimum atomic E-state index is 0.00196. The number of terminal acetylenes is 1. The average molecular weight is 194 g/mol. The molecule has 0 atom stereocenters. The van der Waals surface area contributed by atoms with E-state index in [9.17, 15) is 4.79 Å². The Kier molecular flexibility index (Phi) is 3.48. The third kappa shape index (κ3) is 2.89. The largest absolute Gasteiger partial charge is 0.294 e. The Bertz CT molecular complexity index is 337. The molecule has 13 heavy (non-hydrogen) atoms. The number of nitrogens with zero attached hydrogens (tertiary/aromatic N) is 1. The Morgan fingerprint density at radius 2 is 2.38 bits per heavy atom. The van der Waals surface area contributed by atoms with Crippen LogP contribution in [0.25, 0.3) is 0 Å². The van der Waals surface area contributed by atoms with Crippen LogP contribution in [0.2, 0.25) is 5.15 Å². The minimum absolute atomic E-state index is 0.00196. The standard InChI is InChI=1S/C10H8ClNO/c1-2-3-4-9(13)8-5-6-10(11)12-7-8/h1,5-7H,3-4H2. The maximum Gasteiger partial charge on any atom is 0.165 e. The summed E-state index contributed by atoms with van der Waals surface area (Å²) in [6, 6.07) is 3.23. The first kappa shape index (κ1) is 9.76. The van der Waals surface area contributed by atoms with Crippen LogP contribution in [0.1, 0.15) is 23.2 Å². The summed E-state index contributed by atoms with van der Waals surface area (Å²) in [5.74, 6) is 2.41. The van der Waals surface area contributed by atoms with E-state index >= 15 is 0 Å². The Hall–Kier alpha value is -1.33. The number of carbonyl (C=O) groups is 1. The number of aromatic nitrogens is 1. The second-order valence-corrected chi connectivity index (χ2v) is 2.88. The van der Waals surface area contributed by atoms with Crippen molar-refractivity contribution in [3.8, 4) is 12.3 Å². The number of rotatable bonds is 3. The van der Waals surface area contributed by atoms with E-state index < -0.39 is 0 Å². The highest BCUT2D eigenvalue weighted by Gasteiger charge is 2.04. The number of halogens is 1. The van der Waals surface area contributed by atoms with Crippen molar-refractivity contribution in [3.63, 3.8) is 0 Å². The third-order valence-electron chi connectivity index (χ3n) is 1.55. The van der Waals surface area contributed by atoms with Crippen LogP contribution in [0.4, 0.5) is 0 Å². The minimum Gasteiger partial charge on any atom is -0.294 e. The fourth-order valence-electron chi connectivity index (χ4n) is 0.871. The molecule has 0 saturated carbocycles. The van der Waals surface area contributed by atoms with Crippen molar-refractivity contribution in [2.24, 2.45) is 0 Å². The van der Waals surface area contributed by atoms with Crippen LogP contribution in [0, 0.1) is 12.3 Å². The molecule has 0 radical (unpaired) electrons. The van der Waals surface area contributed by atoms with Crippen molar-refractivity contribution in [2.45, 2.75) is 12.8 Å². The molecule has 66 valence electrons. The molecule has 0 aliphatic rings. The number of ketones is 1. The highest BCUT2D eigenvalue weighted by molar-refractivity contribution is 6.29. The van der Waals surface area contributed by atoms with Gasteiger partial charge in [0.15, 0.2) is 5.78 Å². The van der Waals surface area contributed by atoms with Gasteiger partial charge in [0.2, 0.25) is 0 Å². The highest BCUT2D eigenvalue weighted by Crippen LogP contribution is 2.08. The predicted octanol–water partition coefficient (Wildman–Crippen LogP) is 2.33. The maximum absolute atomic E-state index is 11.3. The van der Waals surface area contributed by atoms with Gasteiger partial charge in [0.05, 0.1) is 0 Å². The molecule has 0 fully saturated rings. The van der Waals surface area contributed by atoms with Crippen molar-refractivity contribution in [3.05, 3.63) is 29.0 Å². The van der Waals surface area contributed by atoms with Crippen LogP contribution in [-0.4, -0.2) is 10.8 Å². The number of carbonyl (C=O) groups excluding carboxylic acids is 1. The molecule has 0 spiro atoms. The first-order valence-corrected chi connectivity index (χ1v) is 4.20. The summed E-state index contributed by atoms with van der Waals surface area (Å²) < 4.78 is 0. The maximum atomic E-state index is 11.3. The first-order chi connectivity index (χ1) is 6.24. The second-order valence-electron chi connectivity index (χ2n) is 2.50. The SMILES string of the molecule is C#CCCC(=O)c1ccc(Cl)nc1. The number of hydrogen-bond acceptors (Lipinski definition) is 2. The number of Topliss-reactive ketones (excluding diaryl/α,β-unsaturated/α-hetero) is 1. The van der Waals surface area contributed by atoms with E-state index in [2.05, 4.69) is 10.9 Å². The van der Waals surface area contributed by atoms with Crippen LogP contribution in [0.15, 0.2) is 18.3 Å². The molecule has 1 rings (SSSR count). The van der Waals surface area contributed by atoms with Gasteiger partial charge in [-0.2, -0.15) is 0 Å². The normalized spacial score (nSPS) is 9.23. The molecule has 0 aliphatic heterocycles. The lowest BCUT2D eigenvalue weighted by Gasteiger charge is -1.96. The van der Waals surface area contributed by atoms with Crippen molar-refractivity contribution in [1.82, 2.24) is 4.98 Å². The molecule has 1 heterocycles. The van der Waals surface area contributed by atoms with Crippen LogP contribution >= 0.6 is 11.6 Å². The van der Waals surface area contributed by atoms with Gasteiger partial charge in [-0.05, 0) is 12.1 Å². The lowest BCUT2D eigenvalue weighted by molar-refractivity contribution is 0.0984. The van der Waals surface area contributed by atoms with Gasteiger partial charge in [0.25, 0.3) is 0 Å². The van der Waals surface area contributed by atoms with Crippen molar-refractivity contribution < 1.29 is 4.79 Å². The van der Waals surface area contributed by atoms with Crippen LogP contribution in [0.3, 0.4) is 0 Å². The van der Waals surface area contributed by atoms with E-state index in [1.807, 2.05) is 0 Å². The van der Waals surface area contributed by atoms with Gasteiger partial charge in [-0.25, -0.2) is 4.98 Å². The van der Waals surface area contributed by atoms with Crippen LogP contribution < -0.4 is 0 Å². The van der Waals surface area contributed by atoms with Gasteiger partial charge in [-0.1, -0.05) is 11.6 Å². The Morgan fingerprint density at radius 3 is 2.92 bits per heavy atom. The first-order valence-electron chi connectivity index (χ1n) is 3.82. The lowest BCUT2D eigenvalue weighted by atomic mass is 10.1. The molecule has 3 heteroatoms. The zero-order valence-electron chi connectivity index (χ0n) is 6.96. The van der Waals surface area contributed by atoms with Crippen molar-refractivity contribution in [1.29, 1.82) is 0 Å². The van der Waals surface area contributed by atoms with Gasteiger partial charge in [-0.3, -0.25) is 4.79 Å². The molecule has 2 nitrogen and oxygen atoms in total. The predicted molar refractivity (Wildman–Crippen MR) is 51.6 cm³/mol. The fraction of sp³-hybridized carbons (Fsp3) is 0.200. The van der Waals surface area contributed by atoms with Gasteiger partial charge in [-0.15, -0.1) is 12.3 Å². The summed E-state index contributed by atoms with van der Waals surface area (Å²) in [7, 11) is 0. The lowest BCUT2D eigenvalue weighted by Crippen LogP contribution is -1.98. The molecular formula is C10H8ClNO. The molecule has 0 aliphatic carbocycles. The summed E-state index contributed by atoms with van der Waals surface area (Å²) in [4.78, 5) is 15.1. The van der Waals surface area contributed by atoms with Crippen molar-refractivity contribution >= 4 is 17.4 Å². The molecular weight excluding hydrogens is 186 g/mol. The monoisotopic (exact) mass is 193 g/mol. The molecule has 1 aromatic heterocycles. The Morgan fingerprint density at radius 1 is 1.62 bits per heavy atom. The summed E-state index contributed by atoms with van der Waals surface area (Å²) in [5.41, 5.74) is 0.555. The van der Waals surface area contributed by atoms with Crippen LogP contribution in [0.5, 0.6) is 0 Å². The van der Waals surface area contributed by atoms with Gasteiger partial charge < -0.3 is 0 Å². The number of pyridine rings is 1. The molecule has 0 bridgehead atoms. The van der Waals surface area contributed by atoms with Gasteiger partial charge in [0, 0.05) is 24.6 Å². The quantitative estimate of drug-likeness (QED) is 0.419. The van der Waals surface area contributed by atoms with Gasteiger partial charge in [0.1, 0.15) is 5.15 Å². The topological polar surface area (TPSA) is 30.0 Å². The summed E-state index contributed by atoms with van der Waals surface area (Å²) in [5, 5.41) is 0.383. The van der Waals surface area contributed by atoms with E-state index in [1.54, 1.807) is 12.1 Å². The zero-order valence-corrected chi connectivity index (χ0v) is 7.71. The number of hydrogen-bond donors (Lipinski definition) is 0. The van der Waals surface area contributed by atoms with Crippen molar-refractivity contribution in [2.75, 3.05) is 0 Å². The van der Waals surface area contributed by atoms with E-state index in [0.717, 1.165) is 0 Å². The van der Waals surface area contributed by atoms with Crippen LogP contribution in [-0.2, 0) is 0 Å². The molecule has 0 N–H and O–H groups in total. The van der Waals surface area contributed by atoms with E-state index in [-0.39, 0.29) is 5.78 Å². The molecule has 1 aromatic rings. The molecule has 0 amide bonds. The average Bonchev–Trinajstić information content (AvgIpc) is 2.15. The second kappa shape index (κ2) is 4.64. The molecule has 0 saturated heterocycles. The smallest absolute Gasteiger partial charge is 0.165 e. The molecule has 0 aromatic carbocycles. The summed E-state index contributed by atoms with van der Waals surface area (Å²) in [6.45, 7) is 0. The fourth-order valence-corrected chi connectivity index (χ4v) is 0.983. The van der Waals surface area contributed by atoms with E-state index in [0.29, 0.717) is 23.6 Å². The van der Waals surface area contributed by atoms with E-state index in [1.165, 1.54) is 6.20 Å². The Balaban J connectivity index is 2.68. The Labute approximate surface area is 81.9 Å². The zero-order chi connectivity index (χ0) is 9.68. The summed E-state index contributed by atoms with van der Waals surface area (Å²) in [6.07, 6.45) is 7.32. The summed E-state index contributed by atoms with van der Waals surface area (Å²) >= 11 is 5.57. The van der Waals surface area contributed by atoms with Gasteiger partial charge >= 0.3 is 0 Å². The third-order valence-corrected chi connectivity index (χ3v) is 1.77. The van der Waals surface area contributed by atoms with E-state index in [4.69, 9.17) is 18.0 Å². The highest BCUT2D eigenvalue weighted by atomic mass is 35.5.